The third-order valence-electron chi connectivity index (χ3n) is 1.44. The van der Waals surface area contributed by atoms with E-state index >= 15 is 0 Å². The molecule has 0 aliphatic carbocycles. The molecule has 11 heavy (non-hydrogen) atoms. The van der Waals surface area contributed by atoms with E-state index in [9.17, 15) is 0 Å². The monoisotopic (exact) mass is 154 g/mol. The molecule has 0 N–H and O–H groups in total. The Morgan fingerprint density at radius 1 is 1.00 bits per heavy atom. The van der Waals surface area contributed by atoms with Crippen molar-refractivity contribution < 1.29 is 4.42 Å². The molecule has 1 aromatic heterocycles. The van der Waals surface area contributed by atoms with E-state index in [1.807, 2.05) is 0 Å². The van der Waals surface area contributed by atoms with Crippen LogP contribution >= 0.6 is 0 Å². The molecular formula is C8H14N2O. The molecule has 0 saturated heterocycles. The summed E-state index contributed by atoms with van der Waals surface area (Å²) in [7, 11) is 0. The number of nitrogens with zero attached hydrogens (tertiary/aromatic N) is 2. The van der Waals surface area contributed by atoms with Crippen molar-refractivity contribution >= 4 is 0 Å². The van der Waals surface area contributed by atoms with Crippen LogP contribution in [0.2, 0.25) is 0 Å². The van der Waals surface area contributed by atoms with Crippen LogP contribution in [0.15, 0.2) is 4.42 Å². The van der Waals surface area contributed by atoms with Gasteiger partial charge < -0.3 is 4.42 Å². The van der Waals surface area contributed by atoms with Gasteiger partial charge in [0.15, 0.2) is 0 Å². The Morgan fingerprint density at radius 2 is 1.45 bits per heavy atom. The molecule has 3 heteroatoms. The summed E-state index contributed by atoms with van der Waals surface area (Å²) in [6.07, 6.45) is 3.93. The number of hydrogen-bond acceptors (Lipinski definition) is 3. The second-order valence-electron chi connectivity index (χ2n) is 2.59. The molecule has 0 radical (unpaired) electrons. The van der Waals surface area contributed by atoms with Gasteiger partial charge in [-0.1, -0.05) is 13.8 Å². The van der Waals surface area contributed by atoms with E-state index in [1.54, 1.807) is 0 Å². The van der Waals surface area contributed by atoms with Crippen molar-refractivity contribution in [1.82, 2.24) is 10.2 Å². The zero-order chi connectivity index (χ0) is 8.10. The molecule has 0 aliphatic rings. The summed E-state index contributed by atoms with van der Waals surface area (Å²) in [6, 6.07) is 0. The molecular weight excluding hydrogens is 140 g/mol. The Kier molecular flexibility index (Phi) is 3.08. The molecule has 0 aliphatic heterocycles. The molecule has 0 atom stereocenters. The van der Waals surface area contributed by atoms with Gasteiger partial charge in [-0.05, 0) is 12.8 Å². The van der Waals surface area contributed by atoms with Crippen molar-refractivity contribution in [1.29, 1.82) is 0 Å². The van der Waals surface area contributed by atoms with Crippen molar-refractivity contribution in [2.75, 3.05) is 0 Å². The van der Waals surface area contributed by atoms with Crippen LogP contribution in [0.25, 0.3) is 0 Å². The molecule has 3 nitrogen and oxygen atoms in total. The minimum Gasteiger partial charge on any atom is -0.425 e. The van der Waals surface area contributed by atoms with Crippen molar-refractivity contribution in [2.24, 2.45) is 0 Å². The Hall–Kier alpha value is -0.860. The van der Waals surface area contributed by atoms with E-state index in [4.69, 9.17) is 4.42 Å². The molecule has 1 aromatic rings. The number of rotatable bonds is 4. The van der Waals surface area contributed by atoms with Crippen LogP contribution < -0.4 is 0 Å². The molecule has 0 bridgehead atoms. The predicted molar refractivity (Wildman–Crippen MR) is 42.3 cm³/mol. The SMILES string of the molecule is CCCc1nnc(CCC)o1. The zero-order valence-electron chi connectivity index (χ0n) is 7.13. The van der Waals surface area contributed by atoms with Crippen molar-refractivity contribution in [3.8, 4) is 0 Å². The molecule has 0 spiro atoms. The van der Waals surface area contributed by atoms with Crippen LogP contribution in [0.4, 0.5) is 0 Å². The largest absolute Gasteiger partial charge is 0.425 e. The average molecular weight is 154 g/mol. The van der Waals surface area contributed by atoms with E-state index in [2.05, 4.69) is 24.0 Å². The lowest BCUT2D eigenvalue weighted by Crippen LogP contribution is -1.81. The van der Waals surface area contributed by atoms with Gasteiger partial charge in [-0.15, -0.1) is 10.2 Å². The fourth-order valence-corrected chi connectivity index (χ4v) is 0.918. The smallest absolute Gasteiger partial charge is 0.216 e. The van der Waals surface area contributed by atoms with Crippen molar-refractivity contribution in [2.45, 2.75) is 39.5 Å². The molecule has 0 unspecified atom stereocenters. The third kappa shape index (κ3) is 2.33. The van der Waals surface area contributed by atoms with Crippen LogP contribution in [0.1, 0.15) is 38.5 Å². The lowest BCUT2D eigenvalue weighted by Gasteiger charge is -1.87. The molecule has 0 amide bonds. The second kappa shape index (κ2) is 4.11. The van der Waals surface area contributed by atoms with Crippen LogP contribution in [0.5, 0.6) is 0 Å². The molecule has 1 rings (SSSR count). The Balaban J connectivity index is 2.51. The molecule has 0 aromatic carbocycles. The second-order valence-corrected chi connectivity index (χ2v) is 2.59. The van der Waals surface area contributed by atoms with Gasteiger partial charge in [0.25, 0.3) is 0 Å². The van der Waals surface area contributed by atoms with Gasteiger partial charge in [0.05, 0.1) is 0 Å². The molecule has 0 fully saturated rings. The van der Waals surface area contributed by atoms with E-state index < -0.39 is 0 Å². The van der Waals surface area contributed by atoms with Gasteiger partial charge >= 0.3 is 0 Å². The highest BCUT2D eigenvalue weighted by molar-refractivity contribution is 4.81. The summed E-state index contributed by atoms with van der Waals surface area (Å²) >= 11 is 0. The summed E-state index contributed by atoms with van der Waals surface area (Å²) in [5.41, 5.74) is 0. The normalized spacial score (nSPS) is 10.4. The predicted octanol–water partition coefficient (Wildman–Crippen LogP) is 1.97. The number of aryl methyl sites for hydroxylation is 2. The third-order valence-corrected chi connectivity index (χ3v) is 1.44. The summed E-state index contributed by atoms with van der Waals surface area (Å²) in [6.45, 7) is 4.20. The first-order valence-electron chi connectivity index (χ1n) is 4.18. The van der Waals surface area contributed by atoms with Crippen LogP contribution in [-0.2, 0) is 12.8 Å². The number of hydrogen-bond donors (Lipinski definition) is 0. The fourth-order valence-electron chi connectivity index (χ4n) is 0.918. The van der Waals surface area contributed by atoms with Gasteiger partial charge in [0.1, 0.15) is 0 Å². The first-order valence-corrected chi connectivity index (χ1v) is 4.18. The Bertz CT molecular complexity index is 187. The summed E-state index contributed by atoms with van der Waals surface area (Å²) < 4.78 is 5.34. The zero-order valence-corrected chi connectivity index (χ0v) is 7.13. The first-order chi connectivity index (χ1) is 5.36. The topological polar surface area (TPSA) is 38.9 Å². The maximum absolute atomic E-state index is 5.34. The highest BCUT2D eigenvalue weighted by atomic mass is 16.4. The molecule has 0 saturated carbocycles. The maximum Gasteiger partial charge on any atom is 0.216 e. The van der Waals surface area contributed by atoms with Gasteiger partial charge in [-0.3, -0.25) is 0 Å². The number of aromatic nitrogens is 2. The summed E-state index contributed by atoms with van der Waals surface area (Å²) in [4.78, 5) is 0. The molecule has 62 valence electrons. The van der Waals surface area contributed by atoms with Crippen molar-refractivity contribution in [3.05, 3.63) is 11.8 Å². The van der Waals surface area contributed by atoms with Gasteiger partial charge in [0, 0.05) is 12.8 Å². The first kappa shape index (κ1) is 8.24. The summed E-state index contributed by atoms with van der Waals surface area (Å²) in [5.74, 6) is 1.55. The average Bonchev–Trinajstić information content (AvgIpc) is 2.38. The highest BCUT2D eigenvalue weighted by Crippen LogP contribution is 2.03. The van der Waals surface area contributed by atoms with Gasteiger partial charge in [-0.25, -0.2) is 0 Å². The quantitative estimate of drug-likeness (QED) is 0.665. The lowest BCUT2D eigenvalue weighted by molar-refractivity contribution is 0.445. The Labute approximate surface area is 66.8 Å². The Morgan fingerprint density at radius 3 is 1.82 bits per heavy atom. The van der Waals surface area contributed by atoms with Crippen LogP contribution in [0, 0.1) is 0 Å². The standard InChI is InChI=1S/C8H14N2O/c1-3-5-7-9-10-8(11-7)6-4-2/h3-6H2,1-2H3. The van der Waals surface area contributed by atoms with E-state index in [0.29, 0.717) is 0 Å². The minimum atomic E-state index is 0.774. The van der Waals surface area contributed by atoms with E-state index in [-0.39, 0.29) is 0 Å². The molecule has 1 heterocycles. The fraction of sp³-hybridized carbons (Fsp3) is 0.750. The van der Waals surface area contributed by atoms with E-state index in [1.165, 1.54) is 0 Å². The van der Waals surface area contributed by atoms with Crippen LogP contribution in [-0.4, -0.2) is 10.2 Å². The summed E-state index contributed by atoms with van der Waals surface area (Å²) in [5, 5.41) is 7.82. The minimum absolute atomic E-state index is 0.774. The van der Waals surface area contributed by atoms with Crippen molar-refractivity contribution in [3.63, 3.8) is 0 Å². The van der Waals surface area contributed by atoms with Crippen LogP contribution in [0.3, 0.4) is 0 Å². The van der Waals surface area contributed by atoms with Gasteiger partial charge in [-0.2, -0.15) is 0 Å². The van der Waals surface area contributed by atoms with E-state index in [0.717, 1.165) is 37.5 Å². The van der Waals surface area contributed by atoms with Gasteiger partial charge in [0.2, 0.25) is 11.8 Å². The highest BCUT2D eigenvalue weighted by Gasteiger charge is 2.02. The lowest BCUT2D eigenvalue weighted by atomic mass is 10.3. The maximum atomic E-state index is 5.34.